The van der Waals surface area contributed by atoms with Crippen LogP contribution in [-0.2, 0) is 0 Å². The lowest BCUT2D eigenvalue weighted by atomic mass is 10.2. The zero-order chi connectivity index (χ0) is 10.1. The maximum absolute atomic E-state index is 8.27. The van der Waals surface area contributed by atoms with Crippen LogP contribution in [0.4, 0.5) is 0 Å². The molecule has 0 aliphatic heterocycles. The molecule has 3 N–H and O–H groups in total. The van der Waals surface area contributed by atoms with E-state index in [0.717, 1.165) is 18.8 Å². The Labute approximate surface area is 84.8 Å². The van der Waals surface area contributed by atoms with Crippen LogP contribution in [0.2, 0.25) is 0 Å². The van der Waals surface area contributed by atoms with Gasteiger partial charge in [0.15, 0.2) is 0 Å². The Morgan fingerprint density at radius 2 is 2.15 bits per heavy atom. The fourth-order valence-corrected chi connectivity index (χ4v) is 1.93. The first-order valence-corrected chi connectivity index (χ1v) is 5.86. The van der Waals surface area contributed by atoms with Crippen LogP contribution in [0.3, 0.4) is 0 Å². The van der Waals surface area contributed by atoms with Gasteiger partial charge in [-0.3, -0.25) is 0 Å². The van der Waals surface area contributed by atoms with E-state index in [1.807, 2.05) is 11.8 Å². The molecule has 0 unspecified atom stereocenters. The van der Waals surface area contributed by atoms with E-state index in [1.165, 1.54) is 11.5 Å². The summed E-state index contributed by atoms with van der Waals surface area (Å²) in [5, 5.41) is 11.2. The van der Waals surface area contributed by atoms with Gasteiger partial charge in [-0.1, -0.05) is 19.0 Å². The summed E-state index contributed by atoms with van der Waals surface area (Å²) in [6.45, 7) is 4.45. The van der Waals surface area contributed by atoms with Crippen LogP contribution in [0, 0.1) is 5.92 Å². The summed E-state index contributed by atoms with van der Waals surface area (Å²) in [5.74, 6) is 3.52. The molecule has 78 valence electrons. The van der Waals surface area contributed by atoms with Crippen LogP contribution >= 0.6 is 11.8 Å². The van der Waals surface area contributed by atoms with E-state index in [-0.39, 0.29) is 0 Å². The Hall–Kier alpha value is -0.380. The van der Waals surface area contributed by atoms with Crippen molar-refractivity contribution >= 4 is 17.6 Å². The standard InChI is InChI=1S/C9H20N2OS/c1-8(2)7-13-6-4-3-5-9(10)11-12/h8,12H,3-7H2,1-2H3,(H2,10,11). The third kappa shape index (κ3) is 9.53. The highest BCUT2D eigenvalue weighted by atomic mass is 32.2. The zero-order valence-corrected chi connectivity index (χ0v) is 9.31. The molecule has 4 heteroatoms. The van der Waals surface area contributed by atoms with E-state index in [9.17, 15) is 0 Å². The van der Waals surface area contributed by atoms with Gasteiger partial charge < -0.3 is 10.9 Å². The van der Waals surface area contributed by atoms with Crippen molar-refractivity contribution in [1.29, 1.82) is 0 Å². The van der Waals surface area contributed by atoms with Gasteiger partial charge in [0, 0.05) is 6.42 Å². The smallest absolute Gasteiger partial charge is 0.139 e. The summed E-state index contributed by atoms with van der Waals surface area (Å²) >= 11 is 1.98. The van der Waals surface area contributed by atoms with Crippen molar-refractivity contribution in [1.82, 2.24) is 0 Å². The molecule has 0 amide bonds. The molecule has 0 atom stereocenters. The maximum Gasteiger partial charge on any atom is 0.139 e. The number of nitrogens with zero attached hydrogens (tertiary/aromatic N) is 1. The van der Waals surface area contributed by atoms with E-state index in [2.05, 4.69) is 19.0 Å². The summed E-state index contributed by atoms with van der Waals surface area (Å²) in [6.07, 6.45) is 2.87. The minimum absolute atomic E-state index is 0.342. The molecule has 0 fully saturated rings. The summed E-state index contributed by atoms with van der Waals surface area (Å²) in [6, 6.07) is 0. The van der Waals surface area contributed by atoms with Gasteiger partial charge in [-0.05, 0) is 30.3 Å². The SMILES string of the molecule is CC(C)CSCCCC/C(N)=N/O. The molecule has 0 aromatic rings. The number of hydrogen-bond donors (Lipinski definition) is 2. The van der Waals surface area contributed by atoms with Gasteiger partial charge >= 0.3 is 0 Å². The average molecular weight is 204 g/mol. The number of hydrogen-bond acceptors (Lipinski definition) is 3. The van der Waals surface area contributed by atoms with Crippen LogP contribution in [-0.4, -0.2) is 22.5 Å². The predicted molar refractivity (Wildman–Crippen MR) is 59.4 cm³/mol. The molecule has 0 rings (SSSR count). The van der Waals surface area contributed by atoms with Crippen molar-refractivity contribution in [3.8, 4) is 0 Å². The largest absolute Gasteiger partial charge is 0.409 e. The van der Waals surface area contributed by atoms with Crippen LogP contribution in [0.5, 0.6) is 0 Å². The molecule has 0 aromatic heterocycles. The number of nitrogens with two attached hydrogens (primary N) is 1. The van der Waals surface area contributed by atoms with Crippen LogP contribution in [0.25, 0.3) is 0 Å². The lowest BCUT2D eigenvalue weighted by molar-refractivity contribution is 0.316. The lowest BCUT2D eigenvalue weighted by Gasteiger charge is -2.03. The minimum Gasteiger partial charge on any atom is -0.409 e. The molecule has 3 nitrogen and oxygen atoms in total. The van der Waals surface area contributed by atoms with Crippen molar-refractivity contribution in [3.63, 3.8) is 0 Å². The topological polar surface area (TPSA) is 58.6 Å². The molecule has 0 bridgehead atoms. The van der Waals surface area contributed by atoms with Crippen LogP contribution < -0.4 is 5.73 Å². The third-order valence-corrected chi connectivity index (χ3v) is 3.03. The highest BCUT2D eigenvalue weighted by Crippen LogP contribution is 2.10. The van der Waals surface area contributed by atoms with Gasteiger partial charge in [0.05, 0.1) is 0 Å². The molecule has 13 heavy (non-hydrogen) atoms. The molecule has 0 radical (unpaired) electrons. The predicted octanol–water partition coefficient (Wildman–Crippen LogP) is 2.29. The summed E-state index contributed by atoms with van der Waals surface area (Å²) in [5.41, 5.74) is 5.33. The minimum atomic E-state index is 0.342. The Morgan fingerprint density at radius 3 is 2.69 bits per heavy atom. The molecule has 0 saturated heterocycles. The number of thioether (sulfide) groups is 1. The van der Waals surface area contributed by atoms with Crippen LogP contribution in [0.1, 0.15) is 33.1 Å². The van der Waals surface area contributed by atoms with Gasteiger partial charge in [0.25, 0.3) is 0 Å². The zero-order valence-electron chi connectivity index (χ0n) is 8.49. The van der Waals surface area contributed by atoms with Gasteiger partial charge in [0.2, 0.25) is 0 Å². The molecule has 0 saturated carbocycles. The Bertz CT molecular complexity index is 149. The number of rotatable bonds is 7. The molecule has 0 spiro atoms. The second kappa shape index (κ2) is 8.23. The summed E-state index contributed by atoms with van der Waals surface area (Å²) in [4.78, 5) is 0. The van der Waals surface area contributed by atoms with E-state index in [0.29, 0.717) is 12.3 Å². The quantitative estimate of drug-likeness (QED) is 0.220. The molecule has 0 heterocycles. The van der Waals surface area contributed by atoms with Crippen molar-refractivity contribution in [3.05, 3.63) is 0 Å². The van der Waals surface area contributed by atoms with Crippen molar-refractivity contribution in [2.24, 2.45) is 16.8 Å². The van der Waals surface area contributed by atoms with Gasteiger partial charge in [-0.15, -0.1) is 0 Å². The highest BCUT2D eigenvalue weighted by Gasteiger charge is 1.96. The number of oxime groups is 1. The van der Waals surface area contributed by atoms with Crippen molar-refractivity contribution in [2.75, 3.05) is 11.5 Å². The lowest BCUT2D eigenvalue weighted by Crippen LogP contribution is -2.10. The monoisotopic (exact) mass is 204 g/mol. The first kappa shape index (κ1) is 12.6. The fraction of sp³-hybridized carbons (Fsp3) is 0.889. The normalized spacial score (nSPS) is 12.4. The van der Waals surface area contributed by atoms with Crippen molar-refractivity contribution in [2.45, 2.75) is 33.1 Å². The second-order valence-electron chi connectivity index (χ2n) is 3.52. The second-order valence-corrected chi connectivity index (χ2v) is 4.67. The first-order chi connectivity index (χ1) is 6.16. The Morgan fingerprint density at radius 1 is 1.46 bits per heavy atom. The van der Waals surface area contributed by atoms with Crippen molar-refractivity contribution < 1.29 is 5.21 Å². The molecule has 0 aliphatic rings. The maximum atomic E-state index is 8.27. The number of amidine groups is 1. The van der Waals surface area contributed by atoms with E-state index in [4.69, 9.17) is 10.9 Å². The van der Waals surface area contributed by atoms with Gasteiger partial charge in [-0.25, -0.2) is 0 Å². The van der Waals surface area contributed by atoms with E-state index in [1.54, 1.807) is 0 Å². The third-order valence-electron chi connectivity index (χ3n) is 1.55. The average Bonchev–Trinajstić information content (AvgIpc) is 2.10. The van der Waals surface area contributed by atoms with E-state index < -0.39 is 0 Å². The van der Waals surface area contributed by atoms with E-state index >= 15 is 0 Å². The summed E-state index contributed by atoms with van der Waals surface area (Å²) < 4.78 is 0. The molecular formula is C9H20N2OS. The van der Waals surface area contributed by atoms with Crippen LogP contribution in [0.15, 0.2) is 5.16 Å². The first-order valence-electron chi connectivity index (χ1n) is 4.71. The Kier molecular flexibility index (Phi) is 7.99. The highest BCUT2D eigenvalue weighted by molar-refractivity contribution is 7.99. The Balaban J connectivity index is 3.09. The molecule has 0 aromatic carbocycles. The van der Waals surface area contributed by atoms with Gasteiger partial charge in [0.1, 0.15) is 5.84 Å². The van der Waals surface area contributed by atoms with Gasteiger partial charge in [-0.2, -0.15) is 11.8 Å². The number of unbranched alkanes of at least 4 members (excludes halogenated alkanes) is 1. The molecular weight excluding hydrogens is 184 g/mol. The summed E-state index contributed by atoms with van der Waals surface area (Å²) in [7, 11) is 0. The fourth-order valence-electron chi connectivity index (χ4n) is 0.879. The molecule has 0 aliphatic carbocycles.